The summed E-state index contributed by atoms with van der Waals surface area (Å²) in [5, 5.41) is 0. The molecule has 0 aromatic rings. The molecule has 2 nitrogen and oxygen atoms in total. The van der Waals surface area contributed by atoms with E-state index >= 15 is 0 Å². The molecule has 0 amide bonds. The van der Waals surface area contributed by atoms with Crippen LogP contribution in [0.1, 0.15) is 208 Å². The maximum atomic E-state index is 12.8. The predicted molar refractivity (Wildman–Crippen MR) is 202 cm³/mol. The Balaban J connectivity index is 1.10. The van der Waals surface area contributed by atoms with Crippen molar-refractivity contribution in [1.29, 1.82) is 0 Å². The van der Waals surface area contributed by atoms with Gasteiger partial charge in [0, 0.05) is 6.42 Å². The van der Waals surface area contributed by atoms with Gasteiger partial charge < -0.3 is 4.74 Å². The molecule has 0 N–H and O–H groups in total. The van der Waals surface area contributed by atoms with Gasteiger partial charge in [0.1, 0.15) is 6.10 Å². The molecule has 9 atom stereocenters. The van der Waals surface area contributed by atoms with Crippen LogP contribution in [-0.4, -0.2) is 12.1 Å². The number of allylic oxidation sites excluding steroid dienone is 2. The lowest BCUT2D eigenvalue weighted by Crippen LogP contribution is -2.54. The number of rotatable bonds is 21. The van der Waals surface area contributed by atoms with E-state index in [1.807, 2.05) is 0 Å². The molecule has 4 fully saturated rings. The van der Waals surface area contributed by atoms with Gasteiger partial charge in [-0.2, -0.15) is 0 Å². The van der Waals surface area contributed by atoms with Crippen molar-refractivity contribution in [3.63, 3.8) is 0 Å². The van der Waals surface area contributed by atoms with Crippen LogP contribution in [0.5, 0.6) is 0 Å². The summed E-state index contributed by atoms with van der Waals surface area (Å²) in [6.07, 6.45) is 38.9. The van der Waals surface area contributed by atoms with Crippen LogP contribution in [0.25, 0.3) is 0 Å². The molecular weight excluding hydrogens is 572 g/mol. The summed E-state index contributed by atoms with van der Waals surface area (Å²) in [6, 6.07) is 0. The topological polar surface area (TPSA) is 26.3 Å². The van der Waals surface area contributed by atoms with E-state index in [9.17, 15) is 4.79 Å². The molecule has 4 aliphatic rings. The normalized spacial score (nSPS) is 34.3. The van der Waals surface area contributed by atoms with Crippen LogP contribution in [0.3, 0.4) is 0 Å². The van der Waals surface area contributed by atoms with Gasteiger partial charge in [-0.15, -0.1) is 0 Å². The maximum Gasteiger partial charge on any atom is 0.306 e. The highest BCUT2D eigenvalue weighted by Crippen LogP contribution is 2.68. The Morgan fingerprint density at radius 2 is 1.34 bits per heavy atom. The molecule has 2 heteroatoms. The Morgan fingerprint density at radius 3 is 2.04 bits per heavy atom. The molecule has 0 spiro atoms. The Hall–Kier alpha value is -0.790. The van der Waals surface area contributed by atoms with Gasteiger partial charge in [-0.25, -0.2) is 0 Å². The van der Waals surface area contributed by atoms with Gasteiger partial charge in [-0.3, -0.25) is 4.79 Å². The summed E-state index contributed by atoms with van der Waals surface area (Å²) < 4.78 is 6.17. The number of hydrogen-bond acceptors (Lipinski definition) is 2. The number of carbonyl (C=O) groups is 1. The molecule has 0 radical (unpaired) electrons. The summed E-state index contributed by atoms with van der Waals surface area (Å²) in [6.45, 7) is 15.0. The molecule has 272 valence electrons. The molecule has 0 bridgehead atoms. The van der Waals surface area contributed by atoms with Crippen molar-refractivity contribution >= 4 is 5.97 Å². The number of unbranched alkanes of at least 4 members (excludes halogenated alkanes) is 11. The van der Waals surface area contributed by atoms with Crippen molar-refractivity contribution in [2.75, 3.05) is 0 Å². The van der Waals surface area contributed by atoms with Crippen LogP contribution in [0.15, 0.2) is 12.2 Å². The first kappa shape index (κ1) is 39.0. The monoisotopic (exact) mass is 653 g/mol. The van der Waals surface area contributed by atoms with Gasteiger partial charge in [-0.1, -0.05) is 124 Å². The minimum Gasteiger partial charge on any atom is -0.462 e. The van der Waals surface area contributed by atoms with Crippen molar-refractivity contribution in [2.45, 2.75) is 215 Å². The highest BCUT2D eigenvalue weighted by molar-refractivity contribution is 5.69. The van der Waals surface area contributed by atoms with E-state index in [1.165, 1.54) is 141 Å². The van der Waals surface area contributed by atoms with Gasteiger partial charge in [-0.05, 0) is 142 Å². The van der Waals surface area contributed by atoms with E-state index < -0.39 is 0 Å². The van der Waals surface area contributed by atoms with Crippen molar-refractivity contribution in [1.82, 2.24) is 0 Å². The molecule has 0 aliphatic heterocycles. The third kappa shape index (κ3) is 10.8. The smallest absolute Gasteiger partial charge is 0.306 e. The van der Waals surface area contributed by atoms with Crippen LogP contribution in [0, 0.1) is 52.3 Å². The Morgan fingerprint density at radius 1 is 0.702 bits per heavy atom. The number of esters is 1. The molecule has 4 rings (SSSR count). The summed E-state index contributed by atoms with van der Waals surface area (Å²) in [7, 11) is 0. The third-order valence-corrected chi connectivity index (χ3v) is 14.8. The van der Waals surface area contributed by atoms with Crippen LogP contribution < -0.4 is 0 Å². The third-order valence-electron chi connectivity index (χ3n) is 14.8. The quantitative estimate of drug-likeness (QED) is 0.0700. The number of fused-ring (bicyclic) bond motifs is 5. The first-order chi connectivity index (χ1) is 22.7. The number of carbonyl (C=O) groups excluding carboxylic acids is 1. The Bertz CT molecular complexity index is 921. The molecule has 4 aliphatic carbocycles. The Kier molecular flexibility index (Phi) is 16.2. The number of hydrogen-bond donors (Lipinski definition) is 0. The van der Waals surface area contributed by atoms with Gasteiger partial charge in [0.05, 0.1) is 0 Å². The SMILES string of the molecule is CCCCCCCC/C=C/CCCCCCCC(=O)O[C@H]1CC[C@@]2(C)[C@@H](CC[C@@H]3[C@@H]2CC[C@]2(C)[C@@H]([C@H](C)CCCC(C)C)CC[C@@H]32)C1. The molecule has 0 aromatic heterocycles. The predicted octanol–water partition coefficient (Wildman–Crippen LogP) is 14.1. The van der Waals surface area contributed by atoms with E-state index in [1.54, 1.807) is 0 Å². The highest BCUT2D eigenvalue weighted by Gasteiger charge is 2.60. The molecule has 0 unspecified atom stereocenters. The number of ether oxygens (including phenoxy) is 1. The van der Waals surface area contributed by atoms with Crippen LogP contribution in [-0.2, 0) is 9.53 Å². The lowest BCUT2D eigenvalue weighted by atomic mass is 9.44. The van der Waals surface area contributed by atoms with E-state index in [0.29, 0.717) is 17.3 Å². The lowest BCUT2D eigenvalue weighted by molar-refractivity contribution is -0.162. The summed E-state index contributed by atoms with van der Waals surface area (Å²) in [5.41, 5.74) is 1.05. The average molecular weight is 653 g/mol. The zero-order valence-electron chi connectivity index (χ0n) is 32.5. The molecular formula is C45H80O2. The first-order valence-corrected chi connectivity index (χ1v) is 21.5. The summed E-state index contributed by atoms with van der Waals surface area (Å²) in [4.78, 5) is 12.8. The van der Waals surface area contributed by atoms with Crippen LogP contribution in [0.2, 0.25) is 0 Å². The second kappa shape index (κ2) is 19.6. The minimum atomic E-state index is 0.0814. The highest BCUT2D eigenvalue weighted by atomic mass is 16.5. The van der Waals surface area contributed by atoms with Crippen molar-refractivity contribution < 1.29 is 9.53 Å². The van der Waals surface area contributed by atoms with E-state index in [0.717, 1.165) is 60.7 Å². The molecule has 0 saturated heterocycles. The fraction of sp³-hybridized carbons (Fsp3) is 0.933. The van der Waals surface area contributed by atoms with E-state index in [2.05, 4.69) is 53.7 Å². The molecule has 0 heterocycles. The van der Waals surface area contributed by atoms with Crippen molar-refractivity contribution in [3.05, 3.63) is 12.2 Å². The second-order valence-corrected chi connectivity index (χ2v) is 18.4. The fourth-order valence-corrected chi connectivity index (χ4v) is 11.9. The lowest BCUT2D eigenvalue weighted by Gasteiger charge is -2.61. The fourth-order valence-electron chi connectivity index (χ4n) is 11.9. The molecule has 0 aromatic carbocycles. The molecule has 47 heavy (non-hydrogen) atoms. The van der Waals surface area contributed by atoms with E-state index in [-0.39, 0.29) is 12.1 Å². The summed E-state index contributed by atoms with van der Waals surface area (Å²) in [5.74, 6) is 6.33. The largest absolute Gasteiger partial charge is 0.462 e. The Labute approximate surface area is 293 Å². The average Bonchev–Trinajstić information content (AvgIpc) is 3.40. The second-order valence-electron chi connectivity index (χ2n) is 18.4. The van der Waals surface area contributed by atoms with Crippen molar-refractivity contribution in [3.8, 4) is 0 Å². The van der Waals surface area contributed by atoms with Crippen LogP contribution in [0.4, 0.5) is 0 Å². The van der Waals surface area contributed by atoms with Gasteiger partial charge in [0.25, 0.3) is 0 Å². The summed E-state index contributed by atoms with van der Waals surface area (Å²) >= 11 is 0. The zero-order chi connectivity index (χ0) is 33.7. The molecule has 4 saturated carbocycles. The zero-order valence-corrected chi connectivity index (χ0v) is 32.5. The van der Waals surface area contributed by atoms with Crippen molar-refractivity contribution in [2.24, 2.45) is 52.3 Å². The van der Waals surface area contributed by atoms with Gasteiger partial charge in [0.2, 0.25) is 0 Å². The first-order valence-electron chi connectivity index (χ1n) is 21.5. The van der Waals surface area contributed by atoms with Gasteiger partial charge >= 0.3 is 5.97 Å². The van der Waals surface area contributed by atoms with E-state index in [4.69, 9.17) is 4.74 Å². The maximum absolute atomic E-state index is 12.8. The minimum absolute atomic E-state index is 0.0814. The van der Waals surface area contributed by atoms with Crippen LogP contribution >= 0.6 is 0 Å². The standard InChI is InChI=1S/C45H80O2/c1-7-8-9-10-11-12-13-14-15-16-17-18-19-20-21-25-43(46)47-38-30-32-44(5)37(34-38)26-27-39-41-29-28-40(36(4)24-22-23-35(2)3)45(41,6)33-31-42(39)44/h14-15,35-42H,7-13,16-34H2,1-6H3/b15-14+/t36-,37+,38+,39+,40-,41+,42+,44+,45-/m1/s1. The van der Waals surface area contributed by atoms with Gasteiger partial charge in [0.15, 0.2) is 0 Å².